The van der Waals surface area contributed by atoms with Crippen LogP contribution in [0.4, 0.5) is 0 Å². The van der Waals surface area contributed by atoms with Crippen LogP contribution in [0.3, 0.4) is 0 Å². The zero-order valence-corrected chi connectivity index (χ0v) is 16.2. The van der Waals surface area contributed by atoms with Crippen molar-refractivity contribution in [1.29, 1.82) is 10.5 Å². The molecule has 0 N–H and O–H groups in total. The third kappa shape index (κ3) is 5.81. The van der Waals surface area contributed by atoms with Crippen LogP contribution in [0.25, 0.3) is 0 Å². The number of nitriles is 2. The number of nitrogens with zero attached hydrogens (tertiary/aromatic N) is 2. The van der Waals surface area contributed by atoms with Gasteiger partial charge in [-0.3, -0.25) is 0 Å². The van der Waals surface area contributed by atoms with Crippen molar-refractivity contribution < 1.29 is 0 Å². The van der Waals surface area contributed by atoms with Crippen LogP contribution in [0.1, 0.15) is 22.3 Å². The Hall–Kier alpha value is -1.42. The monoisotopic (exact) mass is 410 g/mol. The van der Waals surface area contributed by atoms with Gasteiger partial charge in [-0.15, -0.1) is 23.2 Å². The summed E-state index contributed by atoms with van der Waals surface area (Å²) in [6, 6.07) is 15.5. The largest absolute Gasteiger partial charge is 0.197 e. The van der Waals surface area contributed by atoms with E-state index in [9.17, 15) is 0 Å². The first kappa shape index (κ1) is 19.9. The first-order valence-corrected chi connectivity index (χ1v) is 9.17. The zero-order chi connectivity index (χ0) is 18.4. The molecular weight excluding hydrogens is 398 g/mol. The molecular formula is C19H14Cl4N2. The van der Waals surface area contributed by atoms with Crippen LogP contribution < -0.4 is 0 Å². The van der Waals surface area contributed by atoms with E-state index in [0.29, 0.717) is 29.3 Å². The molecule has 2 aromatic rings. The Morgan fingerprint density at radius 1 is 0.760 bits per heavy atom. The van der Waals surface area contributed by atoms with Gasteiger partial charge in [0.2, 0.25) is 0 Å². The maximum Gasteiger partial charge on any atom is 0.124 e. The summed E-state index contributed by atoms with van der Waals surface area (Å²) in [5.74, 6) is 0. The van der Waals surface area contributed by atoms with Crippen LogP contribution in [-0.2, 0) is 19.3 Å². The highest BCUT2D eigenvalue weighted by Crippen LogP contribution is 2.25. The van der Waals surface area contributed by atoms with Crippen molar-refractivity contribution >= 4 is 46.4 Å². The summed E-state index contributed by atoms with van der Waals surface area (Å²) in [6.07, 6.45) is 1.50. The van der Waals surface area contributed by atoms with Gasteiger partial charge in [-0.05, 0) is 40.8 Å². The number of alkyl halides is 2. The predicted octanol–water partition coefficient (Wildman–Crippen LogP) is 5.93. The van der Waals surface area contributed by atoms with E-state index in [1.165, 1.54) is 0 Å². The summed E-state index contributed by atoms with van der Waals surface area (Å²) in [4.78, 5) is 0. The first-order valence-electron chi connectivity index (χ1n) is 7.55. The van der Waals surface area contributed by atoms with E-state index in [1.54, 1.807) is 0 Å². The SMILES string of the molecule is N#C[C@H](Cl)Cc1ccc(Cc2ccc(C[C@@H](Cl)C#N)c(Cl)c2)cc1Cl. The average molecular weight is 412 g/mol. The Morgan fingerprint density at radius 2 is 1.16 bits per heavy atom. The molecule has 0 unspecified atom stereocenters. The maximum atomic E-state index is 8.79. The first-order chi connectivity index (χ1) is 11.9. The minimum absolute atomic E-state index is 0.413. The van der Waals surface area contributed by atoms with E-state index in [2.05, 4.69) is 0 Å². The van der Waals surface area contributed by atoms with E-state index < -0.39 is 10.8 Å². The highest BCUT2D eigenvalue weighted by molar-refractivity contribution is 6.32. The molecule has 0 aliphatic carbocycles. The van der Waals surface area contributed by atoms with E-state index in [1.807, 2.05) is 48.5 Å². The lowest BCUT2D eigenvalue weighted by molar-refractivity contribution is 1.01. The molecule has 0 aliphatic heterocycles. The smallest absolute Gasteiger partial charge is 0.124 e. The molecule has 0 fully saturated rings. The van der Waals surface area contributed by atoms with Crippen LogP contribution in [-0.4, -0.2) is 10.8 Å². The van der Waals surface area contributed by atoms with Crippen molar-refractivity contribution in [3.8, 4) is 12.1 Å². The lowest BCUT2D eigenvalue weighted by Gasteiger charge is -2.10. The molecule has 0 radical (unpaired) electrons. The van der Waals surface area contributed by atoms with Gasteiger partial charge < -0.3 is 0 Å². The molecule has 2 nitrogen and oxygen atoms in total. The molecule has 0 saturated heterocycles. The van der Waals surface area contributed by atoms with Gasteiger partial charge >= 0.3 is 0 Å². The summed E-state index contributed by atoms with van der Waals surface area (Å²) >= 11 is 24.3. The van der Waals surface area contributed by atoms with Crippen molar-refractivity contribution in [2.24, 2.45) is 0 Å². The number of rotatable bonds is 6. The van der Waals surface area contributed by atoms with E-state index in [-0.39, 0.29) is 0 Å². The van der Waals surface area contributed by atoms with Gasteiger partial charge in [0.1, 0.15) is 10.8 Å². The van der Waals surface area contributed by atoms with Gasteiger partial charge in [-0.25, -0.2) is 0 Å². The van der Waals surface area contributed by atoms with E-state index in [0.717, 1.165) is 22.3 Å². The fourth-order valence-corrected chi connectivity index (χ4v) is 3.34. The fourth-order valence-electron chi connectivity index (χ4n) is 2.45. The van der Waals surface area contributed by atoms with Gasteiger partial charge in [0.15, 0.2) is 0 Å². The summed E-state index contributed by atoms with van der Waals surface area (Å²) in [7, 11) is 0. The van der Waals surface area contributed by atoms with Crippen LogP contribution in [0.2, 0.25) is 10.0 Å². The predicted molar refractivity (Wildman–Crippen MR) is 104 cm³/mol. The zero-order valence-electron chi connectivity index (χ0n) is 13.1. The van der Waals surface area contributed by atoms with Crippen molar-refractivity contribution in [3.63, 3.8) is 0 Å². The van der Waals surface area contributed by atoms with Crippen molar-refractivity contribution in [1.82, 2.24) is 0 Å². The molecule has 2 aromatic carbocycles. The number of benzene rings is 2. The van der Waals surface area contributed by atoms with Gasteiger partial charge in [-0.2, -0.15) is 10.5 Å². The highest BCUT2D eigenvalue weighted by Gasteiger charge is 2.11. The van der Waals surface area contributed by atoms with Gasteiger partial charge in [-0.1, -0.05) is 47.5 Å². The van der Waals surface area contributed by atoms with Crippen molar-refractivity contribution in [3.05, 3.63) is 68.7 Å². The molecule has 0 bridgehead atoms. The fraction of sp³-hybridized carbons (Fsp3) is 0.263. The molecule has 2 rings (SSSR count). The second-order valence-corrected chi connectivity index (χ2v) is 7.50. The second-order valence-electron chi connectivity index (χ2n) is 5.63. The summed E-state index contributed by atoms with van der Waals surface area (Å²) < 4.78 is 0. The molecule has 0 aromatic heterocycles. The standard InChI is InChI=1S/C19H14Cl4N2/c20-16(10-24)8-14-3-1-12(6-18(14)22)5-13-2-4-15(19(23)7-13)9-17(21)11-25/h1-4,6-7,16-17H,5,8-9H2/t16-,17-/m1/s1. The minimum atomic E-state index is -0.589. The summed E-state index contributed by atoms with van der Waals surface area (Å²) in [5.41, 5.74) is 3.77. The second kappa shape index (κ2) is 9.33. The van der Waals surface area contributed by atoms with Crippen LogP contribution in [0.15, 0.2) is 36.4 Å². The number of hydrogen-bond acceptors (Lipinski definition) is 2. The molecule has 0 saturated carbocycles. The van der Waals surface area contributed by atoms with Crippen LogP contribution in [0.5, 0.6) is 0 Å². The Balaban J connectivity index is 2.12. The Kier molecular flexibility index (Phi) is 7.42. The molecule has 0 amide bonds. The van der Waals surface area contributed by atoms with Crippen molar-refractivity contribution in [2.75, 3.05) is 0 Å². The third-order valence-corrected chi connectivity index (χ3v) is 4.93. The Labute approximate surface area is 167 Å². The molecule has 0 spiro atoms. The summed E-state index contributed by atoms with van der Waals surface area (Å²) in [6.45, 7) is 0. The lowest BCUT2D eigenvalue weighted by atomic mass is 10.00. The average Bonchev–Trinajstić information content (AvgIpc) is 2.59. The third-order valence-electron chi connectivity index (χ3n) is 3.72. The molecule has 25 heavy (non-hydrogen) atoms. The van der Waals surface area contributed by atoms with Gasteiger partial charge in [0.05, 0.1) is 12.1 Å². The number of halogens is 4. The number of hydrogen-bond donors (Lipinski definition) is 0. The normalized spacial score (nSPS) is 12.9. The van der Waals surface area contributed by atoms with Gasteiger partial charge in [0, 0.05) is 22.9 Å². The molecule has 2 atom stereocenters. The molecule has 0 aliphatic rings. The Bertz CT molecular complexity index is 767. The highest BCUT2D eigenvalue weighted by atomic mass is 35.5. The van der Waals surface area contributed by atoms with E-state index >= 15 is 0 Å². The Morgan fingerprint density at radius 3 is 1.48 bits per heavy atom. The molecule has 0 heterocycles. The van der Waals surface area contributed by atoms with Crippen LogP contribution in [0, 0.1) is 22.7 Å². The van der Waals surface area contributed by atoms with Crippen LogP contribution >= 0.6 is 46.4 Å². The van der Waals surface area contributed by atoms with Gasteiger partial charge in [0.25, 0.3) is 0 Å². The maximum absolute atomic E-state index is 8.79. The molecule has 128 valence electrons. The van der Waals surface area contributed by atoms with Crippen molar-refractivity contribution in [2.45, 2.75) is 30.0 Å². The quantitative estimate of drug-likeness (QED) is 0.552. The molecule has 6 heteroatoms. The van der Waals surface area contributed by atoms with E-state index in [4.69, 9.17) is 56.9 Å². The summed E-state index contributed by atoms with van der Waals surface area (Å²) in [5, 5.41) is 17.6. The topological polar surface area (TPSA) is 47.6 Å². The lowest BCUT2D eigenvalue weighted by Crippen LogP contribution is -2.02. The minimum Gasteiger partial charge on any atom is -0.197 e.